The van der Waals surface area contributed by atoms with Gasteiger partial charge in [-0.15, -0.1) is 0 Å². The van der Waals surface area contributed by atoms with E-state index in [0.29, 0.717) is 6.54 Å². The molecule has 0 fully saturated rings. The third-order valence-corrected chi connectivity index (χ3v) is 2.69. The summed E-state index contributed by atoms with van der Waals surface area (Å²) in [5.41, 5.74) is 0.880. The quantitative estimate of drug-likeness (QED) is 0.917. The molecule has 1 heterocycles. The minimum atomic E-state index is -1.19. The van der Waals surface area contributed by atoms with Crippen molar-refractivity contribution in [3.8, 4) is 0 Å². The normalized spacial score (nSPS) is 10.2. The van der Waals surface area contributed by atoms with E-state index in [1.165, 1.54) is 0 Å². The highest BCUT2D eigenvalue weighted by atomic mass is 19.1. The number of carboxylic acid groups (broad SMARTS) is 1. The van der Waals surface area contributed by atoms with E-state index in [1.807, 2.05) is 30.3 Å². The van der Waals surface area contributed by atoms with E-state index in [-0.39, 0.29) is 11.4 Å². The highest BCUT2D eigenvalue weighted by Crippen LogP contribution is 2.19. The Bertz CT molecular complexity index is 587. The standard InChI is InChI=1S/C14H13FN2O2/c1-17(9-10-5-3-2-4-6-10)13-12(14(18)19)7-11(15)8-16-13/h2-8H,9H2,1H3,(H,18,19). The van der Waals surface area contributed by atoms with Gasteiger partial charge in [-0.25, -0.2) is 14.2 Å². The number of rotatable bonds is 4. The van der Waals surface area contributed by atoms with Crippen LogP contribution in [0.1, 0.15) is 15.9 Å². The molecule has 0 aliphatic carbocycles. The molecule has 0 saturated carbocycles. The fourth-order valence-corrected chi connectivity index (χ4v) is 1.83. The molecule has 0 unspecified atom stereocenters. The van der Waals surface area contributed by atoms with Crippen molar-refractivity contribution in [2.45, 2.75) is 6.54 Å². The van der Waals surface area contributed by atoms with Crippen molar-refractivity contribution in [3.63, 3.8) is 0 Å². The van der Waals surface area contributed by atoms with Crippen LogP contribution in [0.5, 0.6) is 0 Å². The number of carboxylic acids is 1. The second-order valence-electron chi connectivity index (χ2n) is 4.17. The number of aromatic carboxylic acids is 1. The van der Waals surface area contributed by atoms with Gasteiger partial charge in [0, 0.05) is 13.6 Å². The number of benzene rings is 1. The Morgan fingerprint density at radius 1 is 1.37 bits per heavy atom. The van der Waals surface area contributed by atoms with Gasteiger partial charge in [-0.2, -0.15) is 0 Å². The Morgan fingerprint density at radius 2 is 2.05 bits per heavy atom. The number of pyridine rings is 1. The molecule has 1 N–H and O–H groups in total. The molecule has 2 rings (SSSR count). The maximum atomic E-state index is 13.1. The van der Waals surface area contributed by atoms with Crippen LogP contribution in [0, 0.1) is 5.82 Å². The van der Waals surface area contributed by atoms with Gasteiger partial charge in [-0.05, 0) is 11.6 Å². The van der Waals surface area contributed by atoms with Gasteiger partial charge in [-0.1, -0.05) is 30.3 Å². The lowest BCUT2D eigenvalue weighted by atomic mass is 10.2. The lowest BCUT2D eigenvalue weighted by Gasteiger charge is -2.19. The summed E-state index contributed by atoms with van der Waals surface area (Å²) in [6.45, 7) is 0.500. The van der Waals surface area contributed by atoms with E-state index in [1.54, 1.807) is 11.9 Å². The Balaban J connectivity index is 2.28. The number of aromatic nitrogens is 1. The van der Waals surface area contributed by atoms with Crippen molar-refractivity contribution in [2.75, 3.05) is 11.9 Å². The lowest BCUT2D eigenvalue weighted by Crippen LogP contribution is -2.21. The van der Waals surface area contributed by atoms with E-state index in [4.69, 9.17) is 5.11 Å². The van der Waals surface area contributed by atoms with Crippen LogP contribution in [0.2, 0.25) is 0 Å². The van der Waals surface area contributed by atoms with Crippen LogP contribution in [-0.4, -0.2) is 23.1 Å². The summed E-state index contributed by atoms with van der Waals surface area (Å²) < 4.78 is 13.1. The van der Waals surface area contributed by atoms with Crippen LogP contribution in [0.25, 0.3) is 0 Å². The number of hydrogen-bond acceptors (Lipinski definition) is 3. The first-order chi connectivity index (χ1) is 9.08. The molecule has 0 amide bonds. The topological polar surface area (TPSA) is 53.4 Å². The first kappa shape index (κ1) is 13.0. The number of nitrogens with zero attached hydrogens (tertiary/aromatic N) is 2. The second kappa shape index (κ2) is 5.48. The van der Waals surface area contributed by atoms with Crippen LogP contribution in [-0.2, 0) is 6.54 Å². The Kier molecular flexibility index (Phi) is 3.75. The van der Waals surface area contributed by atoms with Gasteiger partial charge in [-0.3, -0.25) is 0 Å². The van der Waals surface area contributed by atoms with Gasteiger partial charge in [0.15, 0.2) is 0 Å². The Hall–Kier alpha value is -2.43. The highest BCUT2D eigenvalue weighted by Gasteiger charge is 2.16. The van der Waals surface area contributed by atoms with E-state index in [0.717, 1.165) is 17.8 Å². The zero-order chi connectivity index (χ0) is 13.8. The number of carbonyl (C=O) groups is 1. The fraction of sp³-hybridized carbons (Fsp3) is 0.143. The molecule has 0 bridgehead atoms. The molecule has 0 atom stereocenters. The third kappa shape index (κ3) is 3.07. The lowest BCUT2D eigenvalue weighted by molar-refractivity contribution is 0.0696. The fourth-order valence-electron chi connectivity index (χ4n) is 1.83. The predicted molar refractivity (Wildman–Crippen MR) is 69.7 cm³/mol. The molecule has 0 saturated heterocycles. The van der Waals surface area contributed by atoms with Crippen molar-refractivity contribution < 1.29 is 14.3 Å². The summed E-state index contributed by atoms with van der Waals surface area (Å²) in [5, 5.41) is 9.07. The zero-order valence-corrected chi connectivity index (χ0v) is 10.4. The summed E-state index contributed by atoms with van der Waals surface area (Å²) in [6.07, 6.45) is 1.02. The molecule has 0 aliphatic heterocycles. The van der Waals surface area contributed by atoms with Crippen molar-refractivity contribution in [2.24, 2.45) is 0 Å². The van der Waals surface area contributed by atoms with Crippen molar-refractivity contribution in [3.05, 3.63) is 59.5 Å². The summed E-state index contributed by atoms with van der Waals surface area (Å²) in [6, 6.07) is 10.5. The molecule has 98 valence electrons. The molecule has 0 radical (unpaired) electrons. The third-order valence-electron chi connectivity index (χ3n) is 2.69. The summed E-state index contributed by atoms with van der Waals surface area (Å²) in [4.78, 5) is 16.6. The molecular weight excluding hydrogens is 247 g/mol. The average Bonchev–Trinajstić information content (AvgIpc) is 2.39. The minimum absolute atomic E-state index is 0.140. The second-order valence-corrected chi connectivity index (χ2v) is 4.17. The molecule has 0 aliphatic rings. The molecule has 5 heteroatoms. The first-order valence-electron chi connectivity index (χ1n) is 5.72. The average molecular weight is 260 g/mol. The van der Waals surface area contributed by atoms with E-state index < -0.39 is 11.8 Å². The van der Waals surface area contributed by atoms with Gasteiger partial charge in [0.05, 0.1) is 6.20 Å². The smallest absolute Gasteiger partial charge is 0.339 e. The Labute approximate surface area is 110 Å². The van der Waals surface area contributed by atoms with Crippen LogP contribution in [0.15, 0.2) is 42.6 Å². The molecule has 1 aromatic heterocycles. The maximum Gasteiger partial charge on any atom is 0.339 e. The monoisotopic (exact) mass is 260 g/mol. The highest BCUT2D eigenvalue weighted by molar-refractivity contribution is 5.93. The van der Waals surface area contributed by atoms with E-state index >= 15 is 0 Å². The van der Waals surface area contributed by atoms with Gasteiger partial charge in [0.2, 0.25) is 0 Å². The summed E-state index contributed by atoms with van der Waals surface area (Å²) >= 11 is 0. The van der Waals surface area contributed by atoms with Gasteiger partial charge in [0.1, 0.15) is 17.2 Å². The maximum absolute atomic E-state index is 13.1. The van der Waals surface area contributed by atoms with Crippen LogP contribution in [0.4, 0.5) is 10.2 Å². The van der Waals surface area contributed by atoms with Crippen LogP contribution in [0.3, 0.4) is 0 Å². The van der Waals surface area contributed by atoms with Crippen LogP contribution < -0.4 is 4.90 Å². The summed E-state index contributed by atoms with van der Waals surface area (Å²) in [5.74, 6) is -1.60. The van der Waals surface area contributed by atoms with E-state index in [9.17, 15) is 9.18 Å². The van der Waals surface area contributed by atoms with Crippen molar-refractivity contribution in [1.82, 2.24) is 4.98 Å². The van der Waals surface area contributed by atoms with E-state index in [2.05, 4.69) is 4.98 Å². The number of anilines is 1. The minimum Gasteiger partial charge on any atom is -0.478 e. The zero-order valence-electron chi connectivity index (χ0n) is 10.4. The van der Waals surface area contributed by atoms with Gasteiger partial charge < -0.3 is 10.0 Å². The summed E-state index contributed by atoms with van der Waals surface area (Å²) in [7, 11) is 1.72. The predicted octanol–water partition coefficient (Wildman–Crippen LogP) is 2.56. The number of halogens is 1. The SMILES string of the molecule is CN(Cc1ccccc1)c1ncc(F)cc1C(=O)O. The molecule has 2 aromatic rings. The molecular formula is C14H13FN2O2. The Morgan fingerprint density at radius 3 is 2.68 bits per heavy atom. The molecule has 4 nitrogen and oxygen atoms in total. The largest absolute Gasteiger partial charge is 0.478 e. The van der Waals surface area contributed by atoms with Crippen LogP contribution >= 0.6 is 0 Å². The van der Waals surface area contributed by atoms with Gasteiger partial charge >= 0.3 is 5.97 Å². The van der Waals surface area contributed by atoms with Crippen molar-refractivity contribution >= 4 is 11.8 Å². The van der Waals surface area contributed by atoms with Crippen molar-refractivity contribution in [1.29, 1.82) is 0 Å². The van der Waals surface area contributed by atoms with Gasteiger partial charge in [0.25, 0.3) is 0 Å². The first-order valence-corrected chi connectivity index (χ1v) is 5.72. The number of hydrogen-bond donors (Lipinski definition) is 1. The molecule has 0 spiro atoms. The molecule has 1 aromatic carbocycles. The molecule has 19 heavy (non-hydrogen) atoms.